The van der Waals surface area contributed by atoms with Crippen LogP contribution in [-0.4, -0.2) is 22.0 Å². The van der Waals surface area contributed by atoms with Gasteiger partial charge in [0, 0.05) is 22.2 Å². The van der Waals surface area contributed by atoms with Crippen molar-refractivity contribution in [2.45, 2.75) is 18.2 Å². The van der Waals surface area contributed by atoms with E-state index < -0.39 is 17.5 Å². The maximum absolute atomic E-state index is 12.8. The Morgan fingerprint density at radius 2 is 2.08 bits per heavy atom. The number of hydrogen-bond donors (Lipinski definition) is 3. The normalized spacial score (nSPS) is 11.2. The summed E-state index contributed by atoms with van der Waals surface area (Å²) in [7, 11) is 1.84. The minimum absolute atomic E-state index is 0.201. The molecule has 0 saturated carbocycles. The number of rotatable bonds is 5. The van der Waals surface area contributed by atoms with Crippen LogP contribution >= 0.6 is 11.9 Å². The molecule has 0 saturated heterocycles. The monoisotopic (exact) mass is 363 g/mol. The molecular weight excluding hydrogens is 348 g/mol. The number of halogens is 2. The molecule has 3 N–H and O–H groups in total. The summed E-state index contributed by atoms with van der Waals surface area (Å²) in [5, 5.41) is 3.41. The predicted molar refractivity (Wildman–Crippen MR) is 94.5 cm³/mol. The fourth-order valence-corrected chi connectivity index (χ4v) is 2.92. The second kappa shape index (κ2) is 7.16. The third-order valence-electron chi connectivity index (χ3n) is 3.52. The summed E-state index contributed by atoms with van der Waals surface area (Å²) >= 11 is 1.50. The maximum Gasteiger partial charge on any atom is 0.269 e. The number of alkyl halides is 2. The molecule has 6 nitrogen and oxygen atoms in total. The van der Waals surface area contributed by atoms with Crippen LogP contribution in [-0.2, 0) is 0 Å². The summed E-state index contributed by atoms with van der Waals surface area (Å²) in [5.41, 5.74) is 0.561. The highest BCUT2D eigenvalue weighted by atomic mass is 32.2. The van der Waals surface area contributed by atoms with E-state index in [1.165, 1.54) is 18.1 Å². The minimum atomic E-state index is -2.84. The van der Waals surface area contributed by atoms with Gasteiger partial charge in [0.15, 0.2) is 0 Å². The molecular formula is C16H15F2N5OS. The molecule has 3 rings (SSSR count). The third kappa shape index (κ3) is 3.77. The molecule has 0 spiro atoms. The number of anilines is 2. The highest BCUT2D eigenvalue weighted by molar-refractivity contribution is 7.97. The van der Waals surface area contributed by atoms with E-state index in [9.17, 15) is 13.6 Å². The fraction of sp³-hybridized carbons (Fsp3) is 0.188. The summed E-state index contributed by atoms with van der Waals surface area (Å²) in [5.74, 6) is 0.269. The Morgan fingerprint density at radius 1 is 1.28 bits per heavy atom. The lowest BCUT2D eigenvalue weighted by atomic mass is 10.2. The van der Waals surface area contributed by atoms with Gasteiger partial charge >= 0.3 is 0 Å². The average Bonchev–Trinajstić information content (AvgIpc) is 2.56. The molecule has 0 aliphatic heterocycles. The van der Waals surface area contributed by atoms with Crippen LogP contribution < -0.4 is 15.6 Å². The SMILES string of the molecule is CNSc1ccc(Nc2ncc3cc(C(F)F)c(=O)[nH]c3n2)c(C)c1. The lowest BCUT2D eigenvalue weighted by molar-refractivity contribution is 0.150. The molecule has 130 valence electrons. The van der Waals surface area contributed by atoms with Crippen LogP contribution in [0.4, 0.5) is 20.4 Å². The van der Waals surface area contributed by atoms with Crippen molar-refractivity contribution in [2.75, 3.05) is 12.4 Å². The number of nitrogens with zero attached hydrogens (tertiary/aromatic N) is 2. The first-order valence-electron chi connectivity index (χ1n) is 7.37. The smallest absolute Gasteiger partial charge is 0.269 e. The van der Waals surface area contributed by atoms with Gasteiger partial charge in [0.1, 0.15) is 5.65 Å². The van der Waals surface area contributed by atoms with Crippen molar-refractivity contribution in [3.8, 4) is 0 Å². The van der Waals surface area contributed by atoms with Crippen LogP contribution in [0.15, 0.2) is 40.2 Å². The largest absolute Gasteiger partial charge is 0.324 e. The molecule has 0 bridgehead atoms. The molecule has 0 aliphatic carbocycles. The van der Waals surface area contributed by atoms with E-state index in [1.807, 2.05) is 32.2 Å². The van der Waals surface area contributed by atoms with Crippen molar-refractivity contribution in [3.05, 3.63) is 51.9 Å². The van der Waals surface area contributed by atoms with Crippen LogP contribution in [0, 0.1) is 6.92 Å². The predicted octanol–water partition coefficient (Wildman–Crippen LogP) is 3.53. The van der Waals surface area contributed by atoms with Crippen molar-refractivity contribution >= 4 is 34.6 Å². The minimum Gasteiger partial charge on any atom is -0.324 e. The zero-order valence-electron chi connectivity index (χ0n) is 13.4. The molecule has 9 heteroatoms. The summed E-state index contributed by atoms with van der Waals surface area (Å²) in [6.07, 6.45) is -1.45. The van der Waals surface area contributed by atoms with Gasteiger partial charge < -0.3 is 10.3 Å². The highest BCUT2D eigenvalue weighted by Gasteiger charge is 2.14. The number of pyridine rings is 1. The Labute approximate surface area is 146 Å². The van der Waals surface area contributed by atoms with Gasteiger partial charge in [-0.1, -0.05) is 0 Å². The number of aryl methyl sites for hydroxylation is 1. The van der Waals surface area contributed by atoms with E-state index in [0.717, 1.165) is 22.2 Å². The van der Waals surface area contributed by atoms with Crippen molar-refractivity contribution < 1.29 is 8.78 Å². The van der Waals surface area contributed by atoms with Crippen LogP contribution in [0.2, 0.25) is 0 Å². The zero-order valence-corrected chi connectivity index (χ0v) is 14.2. The molecule has 0 atom stereocenters. The van der Waals surface area contributed by atoms with E-state index in [2.05, 4.69) is 25.0 Å². The van der Waals surface area contributed by atoms with Crippen molar-refractivity contribution in [1.29, 1.82) is 0 Å². The Balaban J connectivity index is 1.92. The van der Waals surface area contributed by atoms with Gasteiger partial charge in [-0.15, -0.1) is 0 Å². The Bertz CT molecular complexity index is 976. The maximum atomic E-state index is 12.8. The number of fused-ring (bicyclic) bond motifs is 1. The Kier molecular flexibility index (Phi) is 4.95. The van der Waals surface area contributed by atoms with E-state index >= 15 is 0 Å². The molecule has 3 aromatic rings. The van der Waals surface area contributed by atoms with Crippen LogP contribution in [0.1, 0.15) is 17.6 Å². The van der Waals surface area contributed by atoms with Crippen molar-refractivity contribution in [3.63, 3.8) is 0 Å². The molecule has 0 amide bonds. The number of nitrogens with one attached hydrogen (secondary N) is 3. The third-order valence-corrected chi connectivity index (χ3v) is 4.22. The summed E-state index contributed by atoms with van der Waals surface area (Å²) in [6, 6.07) is 6.94. The fourth-order valence-electron chi connectivity index (χ4n) is 2.31. The van der Waals surface area contributed by atoms with Gasteiger partial charge in [0.2, 0.25) is 5.95 Å². The first-order valence-corrected chi connectivity index (χ1v) is 8.19. The van der Waals surface area contributed by atoms with Crippen LogP contribution in [0.5, 0.6) is 0 Å². The van der Waals surface area contributed by atoms with Gasteiger partial charge in [-0.3, -0.25) is 9.52 Å². The van der Waals surface area contributed by atoms with E-state index in [0.29, 0.717) is 5.39 Å². The van der Waals surface area contributed by atoms with Crippen LogP contribution in [0.3, 0.4) is 0 Å². The van der Waals surface area contributed by atoms with Crippen molar-refractivity contribution in [2.24, 2.45) is 0 Å². The summed E-state index contributed by atoms with van der Waals surface area (Å²) in [4.78, 5) is 23.4. The Morgan fingerprint density at radius 3 is 2.76 bits per heavy atom. The lowest BCUT2D eigenvalue weighted by Crippen LogP contribution is -2.13. The molecule has 0 fully saturated rings. The second-order valence-electron chi connectivity index (χ2n) is 5.26. The molecule has 2 aromatic heterocycles. The van der Waals surface area contributed by atoms with Crippen molar-refractivity contribution in [1.82, 2.24) is 19.7 Å². The van der Waals surface area contributed by atoms with Gasteiger partial charge in [-0.05, 0) is 55.7 Å². The summed E-state index contributed by atoms with van der Waals surface area (Å²) in [6.45, 7) is 1.94. The van der Waals surface area contributed by atoms with Crippen LogP contribution in [0.25, 0.3) is 11.0 Å². The lowest BCUT2D eigenvalue weighted by Gasteiger charge is -2.10. The number of benzene rings is 1. The average molecular weight is 363 g/mol. The van der Waals surface area contributed by atoms with Gasteiger partial charge in [0.25, 0.3) is 12.0 Å². The molecule has 25 heavy (non-hydrogen) atoms. The molecule has 2 heterocycles. The second-order valence-corrected chi connectivity index (χ2v) is 6.34. The van der Waals surface area contributed by atoms with Gasteiger partial charge in [-0.25, -0.2) is 13.8 Å². The quantitative estimate of drug-likeness (QED) is 0.602. The molecule has 1 aromatic carbocycles. The summed E-state index contributed by atoms with van der Waals surface area (Å²) < 4.78 is 28.6. The molecule has 0 aliphatic rings. The number of aromatic nitrogens is 3. The Hall–Kier alpha value is -2.52. The van der Waals surface area contributed by atoms with E-state index in [-0.39, 0.29) is 11.6 Å². The first-order chi connectivity index (χ1) is 12.0. The number of aromatic amines is 1. The van der Waals surface area contributed by atoms with E-state index in [4.69, 9.17) is 0 Å². The number of hydrogen-bond acceptors (Lipinski definition) is 6. The molecule has 0 unspecified atom stereocenters. The topological polar surface area (TPSA) is 82.7 Å². The highest BCUT2D eigenvalue weighted by Crippen LogP contribution is 2.24. The van der Waals surface area contributed by atoms with Gasteiger partial charge in [-0.2, -0.15) is 4.98 Å². The molecule has 0 radical (unpaired) electrons. The zero-order chi connectivity index (χ0) is 18.0. The van der Waals surface area contributed by atoms with Gasteiger partial charge in [0.05, 0.1) is 5.56 Å². The first kappa shape index (κ1) is 17.3. The number of H-pyrrole nitrogens is 1. The standard InChI is InChI=1S/C16H15F2N5OS/c1-8-5-10(25-19-2)3-4-12(8)21-16-20-7-9-6-11(13(17)18)15(24)22-14(9)23-16/h3-7,13,19H,1-2H3,(H2,20,21,22,23,24). The van der Waals surface area contributed by atoms with E-state index in [1.54, 1.807) is 0 Å².